The number of benzene rings is 1. The lowest BCUT2D eigenvalue weighted by Gasteiger charge is -2.34. The molecule has 0 N–H and O–H groups in total. The molecule has 1 aromatic rings. The Morgan fingerprint density at radius 1 is 1.26 bits per heavy atom. The van der Waals surface area contributed by atoms with Gasteiger partial charge in [0.2, 0.25) is 0 Å². The zero-order chi connectivity index (χ0) is 17.2. The Kier molecular flexibility index (Phi) is 5.17. The van der Waals surface area contributed by atoms with Gasteiger partial charge in [-0.25, -0.2) is 9.18 Å². The normalized spacial score (nSPS) is 16.3. The molecule has 1 aliphatic rings. The summed E-state index contributed by atoms with van der Waals surface area (Å²) in [6, 6.07) is 3.31. The summed E-state index contributed by atoms with van der Waals surface area (Å²) in [6.07, 6.45) is 1.42. The molecule has 1 aromatic carbocycles. The number of hydrogen-bond donors (Lipinski definition) is 0. The van der Waals surface area contributed by atoms with Crippen molar-refractivity contribution < 1.29 is 18.7 Å². The maximum Gasteiger partial charge on any atom is 0.410 e. The summed E-state index contributed by atoms with van der Waals surface area (Å²) in [5.41, 5.74) is 1.56. The first-order valence-electron chi connectivity index (χ1n) is 8.03. The Morgan fingerprint density at radius 2 is 1.87 bits per heavy atom. The molecule has 0 atom stereocenters. The van der Waals surface area contributed by atoms with Gasteiger partial charge in [-0.1, -0.05) is 0 Å². The van der Waals surface area contributed by atoms with E-state index in [1.807, 2.05) is 27.7 Å². The van der Waals surface area contributed by atoms with Crippen LogP contribution in [0.4, 0.5) is 9.18 Å². The Labute approximate surface area is 137 Å². The minimum atomic E-state index is -0.477. The first kappa shape index (κ1) is 17.6. The van der Waals surface area contributed by atoms with E-state index in [9.17, 15) is 9.18 Å². The monoisotopic (exact) mass is 323 g/mol. The quantitative estimate of drug-likeness (QED) is 0.816. The standard InChI is InChI=1S/C18H26FNO3/c1-12-10-15(19)16(22-5)11-14(12)13-6-8-20(9-7-13)17(21)23-18(2,3)4/h10-11,13H,6-9H2,1-5H3. The number of rotatable bonds is 2. The van der Waals surface area contributed by atoms with Crippen molar-refractivity contribution in [3.63, 3.8) is 0 Å². The average molecular weight is 323 g/mol. The molecule has 1 saturated heterocycles. The second-order valence-electron chi connectivity index (χ2n) is 7.09. The van der Waals surface area contributed by atoms with Crippen molar-refractivity contribution in [2.24, 2.45) is 0 Å². The summed E-state index contributed by atoms with van der Waals surface area (Å²) >= 11 is 0. The molecule has 128 valence electrons. The minimum Gasteiger partial charge on any atom is -0.494 e. The van der Waals surface area contributed by atoms with Gasteiger partial charge in [0.15, 0.2) is 11.6 Å². The average Bonchev–Trinajstić information content (AvgIpc) is 2.46. The number of halogens is 1. The molecule has 1 heterocycles. The zero-order valence-corrected chi connectivity index (χ0v) is 14.6. The van der Waals surface area contributed by atoms with Crippen molar-refractivity contribution in [1.29, 1.82) is 0 Å². The number of methoxy groups -OCH3 is 1. The highest BCUT2D eigenvalue weighted by Crippen LogP contribution is 2.34. The van der Waals surface area contributed by atoms with Crippen molar-refractivity contribution in [3.05, 3.63) is 29.1 Å². The fourth-order valence-electron chi connectivity index (χ4n) is 2.96. The number of nitrogens with zero attached hydrogens (tertiary/aromatic N) is 1. The van der Waals surface area contributed by atoms with Crippen molar-refractivity contribution in [3.8, 4) is 5.75 Å². The van der Waals surface area contributed by atoms with Gasteiger partial charge in [0.05, 0.1) is 7.11 Å². The van der Waals surface area contributed by atoms with Crippen LogP contribution < -0.4 is 4.74 Å². The molecule has 1 fully saturated rings. The summed E-state index contributed by atoms with van der Waals surface area (Å²) < 4.78 is 24.2. The summed E-state index contributed by atoms with van der Waals surface area (Å²) in [6.45, 7) is 8.82. The third-order valence-corrected chi connectivity index (χ3v) is 4.13. The lowest BCUT2D eigenvalue weighted by molar-refractivity contribution is 0.0204. The van der Waals surface area contributed by atoms with Gasteiger partial charge >= 0.3 is 6.09 Å². The van der Waals surface area contributed by atoms with Crippen LogP contribution in [0.5, 0.6) is 5.75 Å². The number of ether oxygens (including phenoxy) is 2. The van der Waals surface area contributed by atoms with Crippen LogP contribution in [-0.2, 0) is 4.74 Å². The number of aryl methyl sites for hydroxylation is 1. The Balaban J connectivity index is 2.03. The minimum absolute atomic E-state index is 0.260. The number of carbonyl (C=O) groups excluding carboxylic acids is 1. The molecular weight excluding hydrogens is 297 g/mol. The number of piperidine rings is 1. The van der Waals surface area contributed by atoms with Gasteiger partial charge in [-0.2, -0.15) is 0 Å². The van der Waals surface area contributed by atoms with Gasteiger partial charge in [-0.3, -0.25) is 0 Å². The predicted molar refractivity (Wildman–Crippen MR) is 87.5 cm³/mol. The molecule has 1 aliphatic heterocycles. The highest BCUT2D eigenvalue weighted by molar-refractivity contribution is 5.68. The summed E-state index contributed by atoms with van der Waals surface area (Å²) in [5.74, 6) is 0.253. The summed E-state index contributed by atoms with van der Waals surface area (Å²) in [7, 11) is 1.47. The number of amides is 1. The molecule has 2 rings (SSSR count). The summed E-state index contributed by atoms with van der Waals surface area (Å²) in [5, 5.41) is 0. The SMILES string of the molecule is COc1cc(C2CCN(C(=O)OC(C)(C)C)CC2)c(C)cc1F. The Hall–Kier alpha value is -1.78. The molecule has 0 aliphatic carbocycles. The van der Waals surface area contributed by atoms with Gasteiger partial charge in [0.25, 0.3) is 0 Å². The van der Waals surface area contributed by atoms with E-state index in [-0.39, 0.29) is 17.7 Å². The maximum absolute atomic E-state index is 13.7. The van der Waals surface area contributed by atoms with Crippen molar-refractivity contribution in [1.82, 2.24) is 4.90 Å². The van der Waals surface area contributed by atoms with Crippen LogP contribution in [0.15, 0.2) is 12.1 Å². The third-order valence-electron chi connectivity index (χ3n) is 4.13. The van der Waals surface area contributed by atoms with Gasteiger partial charge in [0.1, 0.15) is 5.60 Å². The largest absolute Gasteiger partial charge is 0.494 e. The smallest absolute Gasteiger partial charge is 0.410 e. The molecule has 4 nitrogen and oxygen atoms in total. The maximum atomic E-state index is 13.7. The van der Waals surface area contributed by atoms with Gasteiger partial charge < -0.3 is 14.4 Å². The summed E-state index contributed by atoms with van der Waals surface area (Å²) in [4.78, 5) is 13.9. The van der Waals surface area contributed by atoms with Crippen LogP contribution in [0.1, 0.15) is 50.7 Å². The molecule has 0 unspecified atom stereocenters. The second kappa shape index (κ2) is 6.77. The van der Waals surface area contributed by atoms with E-state index < -0.39 is 5.60 Å². The molecule has 0 radical (unpaired) electrons. The van der Waals surface area contributed by atoms with E-state index in [4.69, 9.17) is 9.47 Å². The van der Waals surface area contributed by atoms with Crippen molar-refractivity contribution in [2.45, 2.75) is 52.1 Å². The van der Waals surface area contributed by atoms with Crippen LogP contribution in [0.25, 0.3) is 0 Å². The third kappa shape index (κ3) is 4.36. The van der Waals surface area contributed by atoms with Gasteiger partial charge in [-0.05, 0) is 69.7 Å². The van der Waals surface area contributed by atoms with E-state index in [1.54, 1.807) is 11.0 Å². The number of hydrogen-bond acceptors (Lipinski definition) is 3. The highest BCUT2D eigenvalue weighted by Gasteiger charge is 2.28. The van der Waals surface area contributed by atoms with E-state index >= 15 is 0 Å². The van der Waals surface area contributed by atoms with Crippen LogP contribution >= 0.6 is 0 Å². The highest BCUT2D eigenvalue weighted by atomic mass is 19.1. The molecular formula is C18H26FNO3. The molecule has 0 bridgehead atoms. The lowest BCUT2D eigenvalue weighted by Crippen LogP contribution is -2.41. The Bertz CT molecular complexity index is 572. The molecule has 23 heavy (non-hydrogen) atoms. The van der Waals surface area contributed by atoms with Crippen LogP contribution in [0.2, 0.25) is 0 Å². The van der Waals surface area contributed by atoms with E-state index in [0.29, 0.717) is 19.0 Å². The van der Waals surface area contributed by atoms with E-state index in [2.05, 4.69) is 0 Å². The second-order valence-corrected chi connectivity index (χ2v) is 7.09. The molecule has 0 spiro atoms. The van der Waals surface area contributed by atoms with Crippen LogP contribution in [0, 0.1) is 12.7 Å². The van der Waals surface area contributed by atoms with Crippen LogP contribution in [-0.4, -0.2) is 36.8 Å². The van der Waals surface area contributed by atoms with Gasteiger partial charge in [-0.15, -0.1) is 0 Å². The van der Waals surface area contributed by atoms with Crippen molar-refractivity contribution >= 4 is 6.09 Å². The van der Waals surface area contributed by atoms with E-state index in [0.717, 1.165) is 24.0 Å². The number of carbonyl (C=O) groups is 1. The zero-order valence-electron chi connectivity index (χ0n) is 14.6. The molecule has 0 saturated carbocycles. The predicted octanol–water partition coefficient (Wildman–Crippen LogP) is 4.26. The fourth-order valence-corrected chi connectivity index (χ4v) is 2.96. The number of likely N-dealkylation sites (tertiary alicyclic amines) is 1. The van der Waals surface area contributed by atoms with Crippen LogP contribution in [0.3, 0.4) is 0 Å². The lowest BCUT2D eigenvalue weighted by atomic mass is 9.86. The molecule has 0 aromatic heterocycles. The van der Waals surface area contributed by atoms with Crippen molar-refractivity contribution in [2.75, 3.05) is 20.2 Å². The molecule has 1 amide bonds. The van der Waals surface area contributed by atoms with E-state index in [1.165, 1.54) is 13.2 Å². The van der Waals surface area contributed by atoms with Gasteiger partial charge in [0, 0.05) is 13.1 Å². The Morgan fingerprint density at radius 3 is 2.39 bits per heavy atom. The fraction of sp³-hybridized carbons (Fsp3) is 0.611. The topological polar surface area (TPSA) is 38.8 Å². The first-order valence-corrected chi connectivity index (χ1v) is 8.03. The first-order chi connectivity index (χ1) is 10.7. The molecule has 5 heteroatoms.